The van der Waals surface area contributed by atoms with Crippen LogP contribution in [0.1, 0.15) is 16.7 Å². The van der Waals surface area contributed by atoms with E-state index in [1.165, 1.54) is 6.07 Å². The highest BCUT2D eigenvalue weighted by Gasteiger charge is 2.04. The van der Waals surface area contributed by atoms with Crippen molar-refractivity contribution in [3.63, 3.8) is 0 Å². The molecule has 3 aromatic carbocycles. The van der Waals surface area contributed by atoms with Crippen LogP contribution < -0.4 is 0 Å². The molecule has 0 fully saturated rings. The number of nitrogens with zero attached hydrogens (tertiary/aromatic N) is 2. The zero-order valence-corrected chi connectivity index (χ0v) is 15.6. The second-order valence-electron chi connectivity index (χ2n) is 6.58. The number of hydrogen-bond donors (Lipinski definition) is 0. The summed E-state index contributed by atoms with van der Waals surface area (Å²) in [5.74, 6) is -0.209. The molecule has 0 unspecified atom stereocenters. The first-order valence-corrected chi connectivity index (χ1v) is 9.10. The molecule has 0 aliphatic heterocycles. The summed E-state index contributed by atoms with van der Waals surface area (Å²) in [5, 5.41) is 1.80. The van der Waals surface area contributed by atoms with Gasteiger partial charge in [-0.1, -0.05) is 35.9 Å². The Balaban J connectivity index is 1.60. The van der Waals surface area contributed by atoms with Gasteiger partial charge in [-0.3, -0.25) is 4.99 Å². The van der Waals surface area contributed by atoms with Crippen LogP contribution in [0.15, 0.2) is 77.9 Å². The predicted molar refractivity (Wildman–Crippen MR) is 111 cm³/mol. The number of aromatic nitrogens is 1. The number of fused-ring (bicyclic) bond motifs is 1. The van der Waals surface area contributed by atoms with E-state index in [9.17, 15) is 4.39 Å². The summed E-state index contributed by atoms with van der Waals surface area (Å²) in [5.41, 5.74) is 5.01. The van der Waals surface area contributed by atoms with E-state index in [0.717, 1.165) is 33.3 Å². The highest BCUT2D eigenvalue weighted by molar-refractivity contribution is 6.30. The first-order chi connectivity index (χ1) is 13.1. The van der Waals surface area contributed by atoms with Gasteiger partial charge in [0, 0.05) is 34.9 Å². The number of benzene rings is 3. The molecule has 0 bridgehead atoms. The summed E-state index contributed by atoms with van der Waals surface area (Å²) < 4.78 is 15.5. The van der Waals surface area contributed by atoms with Gasteiger partial charge in [0.1, 0.15) is 5.82 Å². The van der Waals surface area contributed by atoms with E-state index >= 15 is 0 Å². The molecule has 0 spiro atoms. The van der Waals surface area contributed by atoms with Crippen molar-refractivity contribution in [3.8, 4) is 0 Å². The van der Waals surface area contributed by atoms with Crippen LogP contribution in [0, 0.1) is 12.7 Å². The fourth-order valence-corrected chi connectivity index (χ4v) is 3.30. The van der Waals surface area contributed by atoms with Crippen LogP contribution in [-0.2, 0) is 6.54 Å². The van der Waals surface area contributed by atoms with E-state index in [2.05, 4.69) is 27.8 Å². The minimum Gasteiger partial charge on any atom is -0.343 e. The SMILES string of the molecule is Cc1ccc(Cl)cc1N=Cc1ccc2c(ccn2Cc2cccc(F)c2)c1. The maximum atomic E-state index is 13.4. The lowest BCUT2D eigenvalue weighted by molar-refractivity contribution is 0.624. The van der Waals surface area contributed by atoms with Crippen LogP contribution >= 0.6 is 11.6 Å². The molecule has 4 aromatic rings. The van der Waals surface area contributed by atoms with Gasteiger partial charge in [-0.25, -0.2) is 4.39 Å². The van der Waals surface area contributed by atoms with Gasteiger partial charge in [-0.15, -0.1) is 0 Å². The smallest absolute Gasteiger partial charge is 0.123 e. The van der Waals surface area contributed by atoms with E-state index in [-0.39, 0.29) is 5.82 Å². The zero-order chi connectivity index (χ0) is 18.8. The molecular weight excluding hydrogens is 359 g/mol. The largest absolute Gasteiger partial charge is 0.343 e. The Kier molecular flexibility index (Phi) is 4.78. The third kappa shape index (κ3) is 3.93. The number of rotatable bonds is 4. The van der Waals surface area contributed by atoms with E-state index in [4.69, 9.17) is 11.6 Å². The summed E-state index contributed by atoms with van der Waals surface area (Å²) in [6.07, 6.45) is 3.87. The van der Waals surface area contributed by atoms with Crippen LogP contribution in [0.3, 0.4) is 0 Å². The average molecular weight is 377 g/mol. The molecule has 27 heavy (non-hydrogen) atoms. The number of aliphatic imine (C=N–C) groups is 1. The van der Waals surface area contributed by atoms with Crippen LogP contribution in [0.2, 0.25) is 5.02 Å². The summed E-state index contributed by atoms with van der Waals surface area (Å²) >= 11 is 6.06. The predicted octanol–water partition coefficient (Wildman–Crippen LogP) is 6.54. The molecule has 1 aromatic heterocycles. The number of aryl methyl sites for hydroxylation is 1. The Hall–Kier alpha value is -2.91. The molecule has 2 nitrogen and oxygen atoms in total. The van der Waals surface area contributed by atoms with Crippen LogP contribution in [0.5, 0.6) is 0 Å². The fraction of sp³-hybridized carbons (Fsp3) is 0.0870. The van der Waals surface area contributed by atoms with E-state index in [1.54, 1.807) is 12.1 Å². The Morgan fingerprint density at radius 3 is 2.78 bits per heavy atom. The lowest BCUT2D eigenvalue weighted by Crippen LogP contribution is -1.98. The van der Waals surface area contributed by atoms with E-state index < -0.39 is 0 Å². The van der Waals surface area contributed by atoms with Crippen molar-refractivity contribution < 1.29 is 4.39 Å². The third-order valence-corrected chi connectivity index (χ3v) is 4.80. The first-order valence-electron chi connectivity index (χ1n) is 8.72. The quantitative estimate of drug-likeness (QED) is 0.360. The molecule has 0 saturated heterocycles. The monoisotopic (exact) mass is 376 g/mol. The molecule has 134 valence electrons. The van der Waals surface area contributed by atoms with Crippen molar-refractivity contribution >= 4 is 34.4 Å². The summed E-state index contributed by atoms with van der Waals surface area (Å²) in [7, 11) is 0. The van der Waals surface area contributed by atoms with Gasteiger partial charge in [-0.2, -0.15) is 0 Å². The first kappa shape index (κ1) is 17.5. The second kappa shape index (κ2) is 7.37. The second-order valence-corrected chi connectivity index (χ2v) is 7.02. The average Bonchev–Trinajstić information content (AvgIpc) is 3.04. The van der Waals surface area contributed by atoms with Gasteiger partial charge in [0.25, 0.3) is 0 Å². The Bertz CT molecular complexity index is 1140. The van der Waals surface area contributed by atoms with Gasteiger partial charge in [0.2, 0.25) is 0 Å². The number of halogens is 2. The van der Waals surface area contributed by atoms with Crippen molar-refractivity contribution in [2.45, 2.75) is 13.5 Å². The highest BCUT2D eigenvalue weighted by Crippen LogP contribution is 2.24. The molecular formula is C23H18ClFN2. The van der Waals surface area contributed by atoms with E-state index in [0.29, 0.717) is 11.6 Å². The zero-order valence-electron chi connectivity index (χ0n) is 14.9. The van der Waals surface area contributed by atoms with Crippen molar-refractivity contribution in [2.75, 3.05) is 0 Å². The Labute approximate surface area is 162 Å². The van der Waals surface area contributed by atoms with Crippen molar-refractivity contribution in [1.29, 1.82) is 0 Å². The molecule has 0 atom stereocenters. The van der Waals surface area contributed by atoms with Crippen LogP contribution in [0.4, 0.5) is 10.1 Å². The fourth-order valence-electron chi connectivity index (χ4n) is 3.13. The maximum absolute atomic E-state index is 13.4. The minimum atomic E-state index is -0.209. The standard InChI is InChI=1S/C23H18ClFN2/c1-16-5-7-20(24)13-22(16)26-14-17-6-8-23-19(11-17)9-10-27(23)15-18-3-2-4-21(25)12-18/h2-14H,15H2,1H3. The van der Waals surface area contributed by atoms with Gasteiger partial charge in [0.15, 0.2) is 0 Å². The lowest BCUT2D eigenvalue weighted by atomic mass is 10.1. The maximum Gasteiger partial charge on any atom is 0.123 e. The molecule has 0 N–H and O–H groups in total. The highest BCUT2D eigenvalue weighted by atomic mass is 35.5. The Morgan fingerprint density at radius 2 is 1.93 bits per heavy atom. The van der Waals surface area contributed by atoms with Gasteiger partial charge < -0.3 is 4.57 Å². The summed E-state index contributed by atoms with van der Waals surface area (Å²) in [4.78, 5) is 4.57. The van der Waals surface area contributed by atoms with Crippen LogP contribution in [-0.4, -0.2) is 10.8 Å². The van der Waals surface area contributed by atoms with Crippen LogP contribution in [0.25, 0.3) is 10.9 Å². The van der Waals surface area contributed by atoms with Gasteiger partial charge in [-0.05, 0) is 66.1 Å². The third-order valence-electron chi connectivity index (χ3n) is 4.56. The topological polar surface area (TPSA) is 17.3 Å². The van der Waals surface area contributed by atoms with Crippen molar-refractivity contribution in [1.82, 2.24) is 4.57 Å². The molecule has 1 heterocycles. The number of hydrogen-bond acceptors (Lipinski definition) is 1. The van der Waals surface area contributed by atoms with Gasteiger partial charge >= 0.3 is 0 Å². The molecule has 4 rings (SSSR count). The minimum absolute atomic E-state index is 0.209. The van der Waals surface area contributed by atoms with Crippen molar-refractivity contribution in [2.24, 2.45) is 4.99 Å². The van der Waals surface area contributed by atoms with Crippen molar-refractivity contribution in [3.05, 3.63) is 100 Å². The van der Waals surface area contributed by atoms with Gasteiger partial charge in [0.05, 0.1) is 5.69 Å². The molecule has 0 amide bonds. The Morgan fingerprint density at radius 1 is 1.04 bits per heavy atom. The molecule has 0 aliphatic carbocycles. The molecule has 0 aliphatic rings. The lowest BCUT2D eigenvalue weighted by Gasteiger charge is -2.06. The van der Waals surface area contributed by atoms with E-state index in [1.807, 2.05) is 49.7 Å². The molecule has 0 radical (unpaired) electrons. The summed E-state index contributed by atoms with van der Waals surface area (Å²) in [6, 6.07) is 20.7. The molecule has 4 heteroatoms. The normalized spacial score (nSPS) is 11.5. The molecule has 0 saturated carbocycles. The summed E-state index contributed by atoms with van der Waals surface area (Å²) in [6.45, 7) is 2.65.